The number of carboxylic acid groups (broad SMARTS) is 1. The standard InChI is InChI=1S/C17H23NO2/c1-17(2,16(19)20)15-10-13-8-3-4-9-14(13)18(15)11-12-6-5-7-12/h3-4,8-9,12,15H,5-7,10-11H2,1-2H3,(H,19,20). The summed E-state index contributed by atoms with van der Waals surface area (Å²) < 4.78 is 0. The number of para-hydroxylation sites is 1. The van der Waals surface area contributed by atoms with Gasteiger partial charge in [0.15, 0.2) is 0 Å². The molecule has 1 aromatic carbocycles. The van der Waals surface area contributed by atoms with Crippen LogP contribution in [0.3, 0.4) is 0 Å². The van der Waals surface area contributed by atoms with Gasteiger partial charge in [-0.05, 0) is 50.7 Å². The molecule has 3 heteroatoms. The smallest absolute Gasteiger partial charge is 0.311 e. The summed E-state index contributed by atoms with van der Waals surface area (Å²) in [5.41, 5.74) is 1.83. The van der Waals surface area contributed by atoms with E-state index in [-0.39, 0.29) is 6.04 Å². The van der Waals surface area contributed by atoms with Crippen LogP contribution < -0.4 is 4.90 Å². The van der Waals surface area contributed by atoms with Crippen molar-refractivity contribution >= 4 is 11.7 Å². The van der Waals surface area contributed by atoms with E-state index >= 15 is 0 Å². The maximum Gasteiger partial charge on any atom is 0.311 e. The van der Waals surface area contributed by atoms with Gasteiger partial charge in [0.2, 0.25) is 0 Å². The number of aliphatic carboxylic acids is 1. The highest BCUT2D eigenvalue weighted by Crippen LogP contribution is 2.42. The molecule has 1 aliphatic heterocycles. The van der Waals surface area contributed by atoms with Gasteiger partial charge in [-0.2, -0.15) is 0 Å². The lowest BCUT2D eigenvalue weighted by Gasteiger charge is -2.40. The second-order valence-electron chi connectivity index (χ2n) is 6.82. The molecule has 1 atom stereocenters. The summed E-state index contributed by atoms with van der Waals surface area (Å²) in [5.74, 6) is 0.0437. The fourth-order valence-electron chi connectivity index (χ4n) is 3.42. The molecule has 1 fully saturated rings. The third kappa shape index (κ3) is 2.09. The topological polar surface area (TPSA) is 40.5 Å². The van der Waals surface area contributed by atoms with Gasteiger partial charge < -0.3 is 10.0 Å². The Kier molecular flexibility index (Phi) is 3.23. The molecule has 1 heterocycles. The van der Waals surface area contributed by atoms with Crippen LogP contribution in [0.15, 0.2) is 24.3 Å². The number of hydrogen-bond acceptors (Lipinski definition) is 2. The molecule has 1 unspecified atom stereocenters. The van der Waals surface area contributed by atoms with Gasteiger partial charge in [-0.25, -0.2) is 0 Å². The SMILES string of the molecule is CC(C)(C(=O)O)C1Cc2ccccc2N1CC1CCC1. The first-order valence-corrected chi connectivity index (χ1v) is 7.58. The molecule has 0 spiro atoms. The van der Waals surface area contributed by atoms with E-state index in [1.54, 1.807) is 0 Å². The predicted octanol–water partition coefficient (Wildman–Crippen LogP) is 3.33. The van der Waals surface area contributed by atoms with Crippen LogP contribution in [0, 0.1) is 11.3 Å². The van der Waals surface area contributed by atoms with Crippen LogP contribution in [-0.4, -0.2) is 23.7 Å². The molecule has 3 rings (SSSR count). The Morgan fingerprint density at radius 3 is 2.65 bits per heavy atom. The van der Waals surface area contributed by atoms with E-state index in [9.17, 15) is 9.90 Å². The third-order valence-electron chi connectivity index (χ3n) is 5.15. The summed E-state index contributed by atoms with van der Waals surface area (Å²) in [7, 11) is 0. The highest BCUT2D eigenvalue weighted by molar-refractivity contribution is 5.77. The molecule has 2 aliphatic rings. The fraction of sp³-hybridized carbons (Fsp3) is 0.588. The maximum atomic E-state index is 11.6. The van der Waals surface area contributed by atoms with Crippen molar-refractivity contribution in [2.45, 2.75) is 45.6 Å². The first kappa shape index (κ1) is 13.5. The summed E-state index contributed by atoms with van der Waals surface area (Å²) in [6, 6.07) is 8.46. The van der Waals surface area contributed by atoms with Crippen LogP contribution >= 0.6 is 0 Å². The van der Waals surface area contributed by atoms with Crippen LogP contribution in [0.5, 0.6) is 0 Å². The van der Waals surface area contributed by atoms with Crippen LogP contribution in [0.2, 0.25) is 0 Å². The lowest BCUT2D eigenvalue weighted by molar-refractivity contribution is -0.148. The van der Waals surface area contributed by atoms with Gasteiger partial charge in [-0.15, -0.1) is 0 Å². The Hall–Kier alpha value is -1.51. The molecule has 0 amide bonds. The number of nitrogens with zero attached hydrogens (tertiary/aromatic N) is 1. The van der Waals surface area contributed by atoms with E-state index in [1.165, 1.54) is 30.5 Å². The van der Waals surface area contributed by atoms with E-state index in [2.05, 4.69) is 29.2 Å². The largest absolute Gasteiger partial charge is 0.481 e. The molecule has 0 saturated heterocycles. The maximum absolute atomic E-state index is 11.6. The number of benzene rings is 1. The zero-order chi connectivity index (χ0) is 14.3. The predicted molar refractivity (Wildman–Crippen MR) is 80.0 cm³/mol. The van der Waals surface area contributed by atoms with Gasteiger partial charge in [-0.3, -0.25) is 4.79 Å². The molecule has 0 bridgehead atoms. The van der Waals surface area contributed by atoms with Crippen LogP contribution in [-0.2, 0) is 11.2 Å². The van der Waals surface area contributed by atoms with Gasteiger partial charge in [0.25, 0.3) is 0 Å². The number of carboxylic acids is 1. The number of carbonyl (C=O) groups is 1. The lowest BCUT2D eigenvalue weighted by atomic mass is 9.80. The Labute approximate surface area is 120 Å². The van der Waals surface area contributed by atoms with Crippen molar-refractivity contribution < 1.29 is 9.90 Å². The minimum absolute atomic E-state index is 0.0676. The highest BCUT2D eigenvalue weighted by Gasteiger charge is 2.45. The first-order valence-electron chi connectivity index (χ1n) is 7.58. The Bertz CT molecular complexity index is 519. The van der Waals surface area contributed by atoms with Crippen LogP contribution in [0.25, 0.3) is 0 Å². The third-order valence-corrected chi connectivity index (χ3v) is 5.15. The number of hydrogen-bond donors (Lipinski definition) is 1. The first-order chi connectivity index (χ1) is 9.50. The molecule has 0 aromatic heterocycles. The zero-order valence-corrected chi connectivity index (χ0v) is 12.3. The molecule has 0 radical (unpaired) electrons. The molecular weight excluding hydrogens is 250 g/mol. The Morgan fingerprint density at radius 2 is 2.05 bits per heavy atom. The lowest BCUT2D eigenvalue weighted by Crippen LogP contribution is -2.49. The Balaban J connectivity index is 1.91. The summed E-state index contributed by atoms with van der Waals surface area (Å²) in [4.78, 5) is 14.0. The number of rotatable bonds is 4. The second-order valence-corrected chi connectivity index (χ2v) is 6.82. The minimum Gasteiger partial charge on any atom is -0.481 e. The fourth-order valence-corrected chi connectivity index (χ4v) is 3.42. The van der Waals surface area contributed by atoms with Crippen molar-refractivity contribution in [1.29, 1.82) is 0 Å². The van der Waals surface area contributed by atoms with Crippen molar-refractivity contribution in [1.82, 2.24) is 0 Å². The van der Waals surface area contributed by atoms with Crippen molar-refractivity contribution in [3.05, 3.63) is 29.8 Å². The minimum atomic E-state index is -0.719. The molecule has 108 valence electrons. The molecular formula is C17H23NO2. The molecule has 20 heavy (non-hydrogen) atoms. The average Bonchev–Trinajstić information content (AvgIpc) is 2.73. The van der Waals surface area contributed by atoms with Crippen LogP contribution in [0.1, 0.15) is 38.7 Å². The van der Waals surface area contributed by atoms with Crippen molar-refractivity contribution in [3.63, 3.8) is 0 Å². The van der Waals surface area contributed by atoms with Crippen molar-refractivity contribution in [3.8, 4) is 0 Å². The highest BCUT2D eigenvalue weighted by atomic mass is 16.4. The van der Waals surface area contributed by atoms with Gasteiger partial charge >= 0.3 is 5.97 Å². The van der Waals surface area contributed by atoms with E-state index < -0.39 is 11.4 Å². The van der Waals surface area contributed by atoms with Gasteiger partial charge in [0, 0.05) is 18.3 Å². The number of fused-ring (bicyclic) bond motifs is 1. The van der Waals surface area contributed by atoms with E-state index in [1.807, 2.05) is 13.8 Å². The second kappa shape index (κ2) is 4.80. The monoisotopic (exact) mass is 273 g/mol. The molecule has 3 nitrogen and oxygen atoms in total. The quantitative estimate of drug-likeness (QED) is 0.914. The summed E-state index contributed by atoms with van der Waals surface area (Å²) in [6.45, 7) is 4.73. The zero-order valence-electron chi connectivity index (χ0n) is 12.3. The van der Waals surface area contributed by atoms with Gasteiger partial charge in [-0.1, -0.05) is 24.6 Å². The summed E-state index contributed by atoms with van der Waals surface area (Å²) in [5, 5.41) is 9.58. The van der Waals surface area contributed by atoms with E-state index in [4.69, 9.17) is 0 Å². The van der Waals surface area contributed by atoms with Crippen LogP contribution in [0.4, 0.5) is 5.69 Å². The molecule has 1 saturated carbocycles. The van der Waals surface area contributed by atoms with Gasteiger partial charge in [0.1, 0.15) is 0 Å². The normalized spacial score (nSPS) is 22.5. The Morgan fingerprint density at radius 1 is 1.35 bits per heavy atom. The average molecular weight is 273 g/mol. The van der Waals surface area contributed by atoms with Crippen molar-refractivity contribution in [2.75, 3.05) is 11.4 Å². The van der Waals surface area contributed by atoms with E-state index in [0.29, 0.717) is 0 Å². The molecule has 1 aliphatic carbocycles. The van der Waals surface area contributed by atoms with Crippen molar-refractivity contribution in [2.24, 2.45) is 11.3 Å². The van der Waals surface area contributed by atoms with Gasteiger partial charge in [0.05, 0.1) is 5.41 Å². The van der Waals surface area contributed by atoms with E-state index in [0.717, 1.165) is 18.9 Å². The molecule has 1 aromatic rings. The number of anilines is 1. The summed E-state index contributed by atoms with van der Waals surface area (Å²) >= 11 is 0. The summed E-state index contributed by atoms with van der Waals surface area (Å²) in [6.07, 6.45) is 4.76. The molecule has 1 N–H and O–H groups in total.